The van der Waals surface area contributed by atoms with Gasteiger partial charge in [0.05, 0.1) is 12.3 Å². The van der Waals surface area contributed by atoms with E-state index in [2.05, 4.69) is 22.4 Å². The van der Waals surface area contributed by atoms with Gasteiger partial charge in [0.2, 0.25) is 0 Å². The predicted molar refractivity (Wildman–Crippen MR) is 121 cm³/mol. The summed E-state index contributed by atoms with van der Waals surface area (Å²) in [6.07, 6.45) is 4.14. The van der Waals surface area contributed by atoms with E-state index in [9.17, 15) is 9.59 Å². The number of hydrogen-bond donors (Lipinski definition) is 1. The summed E-state index contributed by atoms with van der Waals surface area (Å²) >= 11 is 0. The Labute approximate surface area is 182 Å². The molecule has 3 aromatic rings. The van der Waals surface area contributed by atoms with Crippen molar-refractivity contribution >= 4 is 5.91 Å². The van der Waals surface area contributed by atoms with E-state index in [1.807, 2.05) is 47.9 Å². The number of aryl methyl sites for hydroxylation is 2. The molecular weight excluding hydrogens is 390 g/mol. The van der Waals surface area contributed by atoms with Crippen molar-refractivity contribution in [1.29, 1.82) is 0 Å². The molecule has 0 saturated carbocycles. The highest BCUT2D eigenvalue weighted by molar-refractivity contribution is 5.95. The van der Waals surface area contributed by atoms with Crippen LogP contribution in [0.3, 0.4) is 0 Å². The molecule has 0 radical (unpaired) electrons. The van der Waals surface area contributed by atoms with Crippen LogP contribution in [0.4, 0.5) is 0 Å². The predicted octanol–water partition coefficient (Wildman–Crippen LogP) is 3.30. The van der Waals surface area contributed by atoms with E-state index in [0.29, 0.717) is 25.2 Å². The van der Waals surface area contributed by atoms with Crippen molar-refractivity contribution in [2.45, 2.75) is 39.3 Å². The Morgan fingerprint density at radius 1 is 1.10 bits per heavy atom. The number of pyridine rings is 2. The van der Waals surface area contributed by atoms with Gasteiger partial charge in [0, 0.05) is 50.3 Å². The number of nitrogens with zero attached hydrogens (tertiary/aromatic N) is 2. The third-order valence-electron chi connectivity index (χ3n) is 5.22. The molecule has 0 aliphatic heterocycles. The zero-order valence-electron chi connectivity index (χ0n) is 18.1. The molecule has 6 heteroatoms. The Morgan fingerprint density at radius 2 is 1.87 bits per heavy atom. The molecule has 1 N–H and O–H groups in total. The first kappa shape index (κ1) is 22.4. The zero-order valence-corrected chi connectivity index (χ0v) is 18.1. The van der Waals surface area contributed by atoms with E-state index in [0.717, 1.165) is 24.2 Å². The standard InChI is InChI=1S/C25H29N3O3/c1-19-17-23(29)24(25(30)27-15-13-21-12-6-7-14-26-21)22(18-31-2)28(19)16-8-11-20-9-4-3-5-10-20/h3-7,9-10,12,14,17H,8,11,13,15-16,18H2,1-2H3,(H,27,30). The average Bonchev–Trinajstić information content (AvgIpc) is 2.77. The molecule has 0 spiro atoms. The molecule has 2 aromatic heterocycles. The average molecular weight is 420 g/mol. The second kappa shape index (κ2) is 11.2. The number of nitrogens with one attached hydrogen (secondary N) is 1. The van der Waals surface area contributed by atoms with E-state index in [1.54, 1.807) is 13.3 Å². The third kappa shape index (κ3) is 6.12. The molecule has 1 amide bonds. The van der Waals surface area contributed by atoms with Gasteiger partial charge in [0.25, 0.3) is 5.91 Å². The summed E-state index contributed by atoms with van der Waals surface area (Å²) in [5.41, 5.74) is 3.49. The fourth-order valence-corrected chi connectivity index (χ4v) is 3.70. The molecule has 0 aliphatic carbocycles. The molecule has 0 atom stereocenters. The minimum absolute atomic E-state index is 0.160. The number of ether oxygens (including phenoxy) is 1. The van der Waals surface area contributed by atoms with Crippen LogP contribution in [0.25, 0.3) is 0 Å². The van der Waals surface area contributed by atoms with Crippen molar-refractivity contribution in [1.82, 2.24) is 14.9 Å². The lowest BCUT2D eigenvalue weighted by molar-refractivity contribution is 0.0945. The second-order valence-electron chi connectivity index (χ2n) is 7.47. The number of aromatic nitrogens is 2. The molecular formula is C25H29N3O3. The Morgan fingerprint density at radius 3 is 2.58 bits per heavy atom. The number of rotatable bonds is 10. The first-order valence-corrected chi connectivity index (χ1v) is 10.5. The van der Waals surface area contributed by atoms with Gasteiger partial charge in [-0.25, -0.2) is 0 Å². The lowest BCUT2D eigenvalue weighted by Crippen LogP contribution is -2.34. The van der Waals surface area contributed by atoms with Gasteiger partial charge in [-0.1, -0.05) is 36.4 Å². The summed E-state index contributed by atoms with van der Waals surface area (Å²) in [5, 5.41) is 2.87. The van der Waals surface area contributed by atoms with Crippen LogP contribution in [0.5, 0.6) is 0 Å². The Hall–Kier alpha value is -3.25. The lowest BCUT2D eigenvalue weighted by Gasteiger charge is -2.19. The fraction of sp³-hybridized carbons (Fsp3) is 0.320. The number of carbonyl (C=O) groups is 1. The highest BCUT2D eigenvalue weighted by Crippen LogP contribution is 2.13. The van der Waals surface area contributed by atoms with Gasteiger partial charge in [-0.05, 0) is 37.5 Å². The summed E-state index contributed by atoms with van der Waals surface area (Å²) in [6, 6.07) is 17.5. The van der Waals surface area contributed by atoms with Gasteiger partial charge in [-0.2, -0.15) is 0 Å². The lowest BCUT2D eigenvalue weighted by atomic mass is 10.1. The maximum Gasteiger partial charge on any atom is 0.257 e. The zero-order chi connectivity index (χ0) is 22.1. The molecule has 162 valence electrons. The molecule has 3 rings (SSSR count). The first-order chi connectivity index (χ1) is 15.1. The number of carbonyl (C=O) groups excluding carboxylic acids is 1. The molecule has 0 aliphatic rings. The number of hydrogen-bond acceptors (Lipinski definition) is 4. The molecule has 0 fully saturated rings. The number of amides is 1. The van der Waals surface area contributed by atoms with Crippen LogP contribution < -0.4 is 10.7 Å². The molecule has 0 unspecified atom stereocenters. The van der Waals surface area contributed by atoms with E-state index in [4.69, 9.17) is 4.74 Å². The van der Waals surface area contributed by atoms with Gasteiger partial charge >= 0.3 is 0 Å². The maximum absolute atomic E-state index is 12.9. The Kier molecular flexibility index (Phi) is 8.12. The van der Waals surface area contributed by atoms with Crippen LogP contribution in [0.1, 0.15) is 39.4 Å². The molecule has 0 bridgehead atoms. The van der Waals surface area contributed by atoms with E-state index < -0.39 is 0 Å². The van der Waals surface area contributed by atoms with Crippen LogP contribution >= 0.6 is 0 Å². The summed E-state index contributed by atoms with van der Waals surface area (Å²) < 4.78 is 7.39. The van der Waals surface area contributed by atoms with Crippen LogP contribution in [-0.2, 0) is 30.7 Å². The summed E-state index contributed by atoms with van der Waals surface area (Å²) in [5.74, 6) is -0.371. The summed E-state index contributed by atoms with van der Waals surface area (Å²) in [6.45, 7) is 3.20. The van der Waals surface area contributed by atoms with Gasteiger partial charge in [0.15, 0.2) is 5.43 Å². The Bertz CT molecular complexity index is 1050. The van der Waals surface area contributed by atoms with Gasteiger partial charge in [-0.15, -0.1) is 0 Å². The Balaban J connectivity index is 1.75. The van der Waals surface area contributed by atoms with Crippen LogP contribution in [-0.4, -0.2) is 29.1 Å². The van der Waals surface area contributed by atoms with Crippen molar-refractivity contribution in [3.8, 4) is 0 Å². The SMILES string of the molecule is COCc1c(C(=O)NCCc2ccccn2)c(=O)cc(C)n1CCCc1ccccc1. The van der Waals surface area contributed by atoms with Crippen molar-refractivity contribution in [3.05, 3.63) is 99.2 Å². The van der Waals surface area contributed by atoms with Crippen molar-refractivity contribution < 1.29 is 9.53 Å². The molecule has 6 nitrogen and oxygen atoms in total. The van der Waals surface area contributed by atoms with Crippen molar-refractivity contribution in [2.24, 2.45) is 0 Å². The minimum Gasteiger partial charge on any atom is -0.378 e. The summed E-state index contributed by atoms with van der Waals surface area (Å²) in [4.78, 5) is 29.9. The second-order valence-corrected chi connectivity index (χ2v) is 7.47. The first-order valence-electron chi connectivity index (χ1n) is 10.5. The van der Waals surface area contributed by atoms with Crippen LogP contribution in [0.2, 0.25) is 0 Å². The molecule has 0 saturated heterocycles. The largest absolute Gasteiger partial charge is 0.378 e. The van der Waals surface area contributed by atoms with Crippen LogP contribution in [0, 0.1) is 6.92 Å². The van der Waals surface area contributed by atoms with Crippen LogP contribution in [0.15, 0.2) is 65.6 Å². The number of methoxy groups -OCH3 is 1. The van der Waals surface area contributed by atoms with E-state index >= 15 is 0 Å². The molecule has 2 heterocycles. The minimum atomic E-state index is -0.371. The topological polar surface area (TPSA) is 73.2 Å². The highest BCUT2D eigenvalue weighted by Gasteiger charge is 2.20. The fourth-order valence-electron chi connectivity index (χ4n) is 3.70. The van der Waals surface area contributed by atoms with Gasteiger partial charge in [0.1, 0.15) is 5.56 Å². The molecule has 1 aromatic carbocycles. The maximum atomic E-state index is 12.9. The van der Waals surface area contributed by atoms with Crippen molar-refractivity contribution in [2.75, 3.05) is 13.7 Å². The summed E-state index contributed by atoms with van der Waals surface area (Å²) in [7, 11) is 1.57. The quantitative estimate of drug-likeness (QED) is 0.547. The number of benzene rings is 1. The van der Waals surface area contributed by atoms with E-state index in [1.165, 1.54) is 11.6 Å². The van der Waals surface area contributed by atoms with Crippen molar-refractivity contribution in [3.63, 3.8) is 0 Å². The van der Waals surface area contributed by atoms with Gasteiger partial charge in [-0.3, -0.25) is 14.6 Å². The highest BCUT2D eigenvalue weighted by atomic mass is 16.5. The third-order valence-corrected chi connectivity index (χ3v) is 5.22. The van der Waals surface area contributed by atoms with Gasteiger partial charge < -0.3 is 14.6 Å². The smallest absolute Gasteiger partial charge is 0.257 e. The monoisotopic (exact) mass is 419 g/mol. The molecule has 31 heavy (non-hydrogen) atoms. The normalized spacial score (nSPS) is 10.8. The van der Waals surface area contributed by atoms with E-state index in [-0.39, 0.29) is 23.5 Å².